The van der Waals surface area contributed by atoms with E-state index in [2.05, 4.69) is 0 Å². The Morgan fingerprint density at radius 2 is 1.47 bits per heavy atom. The average molecular weight is 259 g/mol. The summed E-state index contributed by atoms with van der Waals surface area (Å²) in [5.74, 6) is 1.01. The number of phenolic OH excluding ortho intramolecular Hbond substituents is 1. The quantitative estimate of drug-likeness (QED) is 0.594. The van der Waals surface area contributed by atoms with Crippen molar-refractivity contribution in [3.63, 3.8) is 0 Å². The number of benzene rings is 2. The summed E-state index contributed by atoms with van der Waals surface area (Å²) < 4.78 is 5.54. The summed E-state index contributed by atoms with van der Waals surface area (Å²) in [4.78, 5) is 0. The fraction of sp³-hybridized carbons (Fsp3) is 0.0769. The van der Waals surface area contributed by atoms with E-state index in [-0.39, 0.29) is 47.7 Å². The zero-order valence-electron chi connectivity index (χ0n) is 9.64. The monoisotopic (exact) mass is 258 g/mol. The number of phenols is 1. The Balaban J connectivity index is 0.00000128. The summed E-state index contributed by atoms with van der Waals surface area (Å²) >= 11 is 0. The topological polar surface area (TPSA) is 29.5 Å². The molecular formula is C13H12ClNaO2. The van der Waals surface area contributed by atoms with Gasteiger partial charge in [0.1, 0.15) is 18.1 Å². The van der Waals surface area contributed by atoms with Gasteiger partial charge in [-0.2, -0.15) is 0 Å². The first-order valence-electron chi connectivity index (χ1n) is 4.80. The van der Waals surface area contributed by atoms with Gasteiger partial charge in [0.15, 0.2) is 0 Å². The molecule has 0 saturated heterocycles. The Kier molecular flexibility index (Phi) is 8.09. The summed E-state index contributed by atoms with van der Waals surface area (Å²) in [6.07, 6.45) is 0. The Morgan fingerprint density at radius 1 is 0.882 bits per heavy atom. The van der Waals surface area contributed by atoms with Crippen LogP contribution in [0.15, 0.2) is 54.6 Å². The first kappa shape index (κ1) is 16.3. The molecule has 0 spiro atoms. The zero-order chi connectivity index (χ0) is 10.5. The predicted molar refractivity (Wildman–Crippen MR) is 58.9 cm³/mol. The fourth-order valence-electron chi connectivity index (χ4n) is 1.28. The summed E-state index contributed by atoms with van der Waals surface area (Å²) in [5, 5.41) is 9.09. The van der Waals surface area contributed by atoms with Gasteiger partial charge in [-0.15, -0.1) is 0 Å². The number of rotatable bonds is 3. The van der Waals surface area contributed by atoms with Gasteiger partial charge in [-0.25, -0.2) is 0 Å². The van der Waals surface area contributed by atoms with Crippen molar-refractivity contribution in [2.45, 2.75) is 6.61 Å². The molecule has 0 unspecified atom stereocenters. The molecule has 0 radical (unpaired) electrons. The molecule has 4 heteroatoms. The van der Waals surface area contributed by atoms with Gasteiger partial charge in [-0.05, 0) is 29.8 Å². The van der Waals surface area contributed by atoms with Crippen LogP contribution in [0.4, 0.5) is 0 Å². The first-order chi connectivity index (χ1) is 7.34. The minimum absolute atomic E-state index is 0. The van der Waals surface area contributed by atoms with Crippen LogP contribution in [-0.2, 0) is 6.61 Å². The summed E-state index contributed by atoms with van der Waals surface area (Å²) in [6.45, 7) is 0.547. The van der Waals surface area contributed by atoms with Crippen molar-refractivity contribution in [3.05, 3.63) is 60.2 Å². The van der Waals surface area contributed by atoms with E-state index in [1.807, 2.05) is 30.3 Å². The van der Waals surface area contributed by atoms with Gasteiger partial charge in [-0.3, -0.25) is 0 Å². The summed E-state index contributed by atoms with van der Waals surface area (Å²) in [5.41, 5.74) is 1.13. The molecule has 2 aromatic carbocycles. The maximum Gasteiger partial charge on any atom is 1.00 e. The molecule has 1 N–H and O–H groups in total. The molecule has 0 aliphatic heterocycles. The average Bonchev–Trinajstić information content (AvgIpc) is 2.30. The first-order valence-corrected chi connectivity index (χ1v) is 4.80. The molecule has 0 aromatic heterocycles. The van der Waals surface area contributed by atoms with Crippen LogP contribution in [0, 0.1) is 0 Å². The Morgan fingerprint density at radius 3 is 2.06 bits per heavy atom. The van der Waals surface area contributed by atoms with Crippen LogP contribution < -0.4 is 46.7 Å². The van der Waals surface area contributed by atoms with Crippen molar-refractivity contribution in [2.75, 3.05) is 0 Å². The molecule has 0 aliphatic carbocycles. The fourth-order valence-corrected chi connectivity index (χ4v) is 1.28. The third-order valence-electron chi connectivity index (χ3n) is 2.09. The summed E-state index contributed by atoms with van der Waals surface area (Å²) in [7, 11) is 0. The van der Waals surface area contributed by atoms with Crippen molar-refractivity contribution in [1.29, 1.82) is 0 Å². The minimum Gasteiger partial charge on any atom is -1.00 e. The van der Waals surface area contributed by atoms with E-state index < -0.39 is 0 Å². The molecule has 0 saturated carbocycles. The number of aromatic hydroxyl groups is 1. The van der Waals surface area contributed by atoms with Crippen LogP contribution >= 0.6 is 0 Å². The Bertz CT molecular complexity index is 417. The van der Waals surface area contributed by atoms with Crippen LogP contribution in [0.2, 0.25) is 0 Å². The maximum absolute atomic E-state index is 9.09. The molecule has 0 bridgehead atoms. The molecule has 2 aromatic rings. The van der Waals surface area contributed by atoms with Crippen LogP contribution in [-0.4, -0.2) is 5.11 Å². The predicted octanol–water partition coefficient (Wildman–Crippen LogP) is -3.02. The molecule has 0 amide bonds. The summed E-state index contributed by atoms with van der Waals surface area (Å²) in [6, 6.07) is 16.7. The molecule has 2 rings (SSSR count). The second kappa shape index (κ2) is 8.43. The van der Waals surface area contributed by atoms with Crippen molar-refractivity contribution in [3.8, 4) is 11.5 Å². The van der Waals surface area contributed by atoms with Gasteiger partial charge in [0.2, 0.25) is 0 Å². The van der Waals surface area contributed by atoms with Gasteiger partial charge in [0.05, 0.1) is 0 Å². The Hall–Kier alpha value is -0.670. The SMILES string of the molecule is Oc1ccc(OCc2ccccc2)cc1.[Cl-].[Na+]. The van der Waals surface area contributed by atoms with Crippen LogP contribution in [0.25, 0.3) is 0 Å². The molecule has 0 fully saturated rings. The molecule has 0 atom stereocenters. The van der Waals surface area contributed by atoms with Crippen LogP contribution in [0.3, 0.4) is 0 Å². The van der Waals surface area contributed by atoms with E-state index in [1.165, 1.54) is 0 Å². The third-order valence-corrected chi connectivity index (χ3v) is 2.09. The van der Waals surface area contributed by atoms with Gasteiger partial charge >= 0.3 is 29.6 Å². The molecule has 0 aliphatic rings. The van der Waals surface area contributed by atoms with Crippen LogP contribution in [0.5, 0.6) is 11.5 Å². The normalized spacial score (nSPS) is 8.71. The minimum atomic E-state index is 0. The van der Waals surface area contributed by atoms with Crippen molar-refractivity contribution < 1.29 is 51.8 Å². The number of ether oxygens (including phenoxy) is 1. The van der Waals surface area contributed by atoms with Crippen molar-refractivity contribution in [1.82, 2.24) is 0 Å². The molecule has 17 heavy (non-hydrogen) atoms. The zero-order valence-corrected chi connectivity index (χ0v) is 12.4. The Labute approximate surface area is 129 Å². The largest absolute Gasteiger partial charge is 1.00 e. The van der Waals surface area contributed by atoms with E-state index in [4.69, 9.17) is 9.84 Å². The van der Waals surface area contributed by atoms with E-state index in [0.29, 0.717) is 6.61 Å². The second-order valence-electron chi connectivity index (χ2n) is 3.27. The molecule has 0 heterocycles. The van der Waals surface area contributed by atoms with E-state index in [1.54, 1.807) is 24.3 Å². The van der Waals surface area contributed by atoms with E-state index >= 15 is 0 Å². The van der Waals surface area contributed by atoms with Crippen LogP contribution in [0.1, 0.15) is 5.56 Å². The van der Waals surface area contributed by atoms with Gasteiger partial charge in [0.25, 0.3) is 0 Å². The van der Waals surface area contributed by atoms with Gasteiger partial charge in [-0.1, -0.05) is 30.3 Å². The van der Waals surface area contributed by atoms with Gasteiger partial charge < -0.3 is 22.3 Å². The number of hydrogen-bond acceptors (Lipinski definition) is 2. The smallest absolute Gasteiger partial charge is 1.00 e. The van der Waals surface area contributed by atoms with E-state index in [9.17, 15) is 0 Å². The van der Waals surface area contributed by atoms with Gasteiger partial charge in [0, 0.05) is 0 Å². The number of hydrogen-bond donors (Lipinski definition) is 1. The van der Waals surface area contributed by atoms with Crippen molar-refractivity contribution >= 4 is 0 Å². The molecule has 2 nitrogen and oxygen atoms in total. The van der Waals surface area contributed by atoms with Crippen molar-refractivity contribution in [2.24, 2.45) is 0 Å². The maximum atomic E-state index is 9.09. The molecule has 84 valence electrons. The third kappa shape index (κ3) is 5.46. The van der Waals surface area contributed by atoms with E-state index in [0.717, 1.165) is 11.3 Å². The second-order valence-corrected chi connectivity index (χ2v) is 3.27. The molecular weight excluding hydrogens is 247 g/mol. The number of halogens is 1. The standard InChI is InChI=1S/C13H12O2.ClH.Na/c14-12-6-8-13(9-7-12)15-10-11-4-2-1-3-5-11;;/h1-9,14H,10H2;1H;/q;;+1/p-1.